The van der Waals surface area contributed by atoms with Gasteiger partial charge in [0.25, 0.3) is 5.91 Å². The fourth-order valence-electron chi connectivity index (χ4n) is 2.35. The largest absolute Gasteiger partial charge is 0.349 e. The molecule has 0 aliphatic carbocycles. The Hall–Kier alpha value is -0.990. The summed E-state index contributed by atoms with van der Waals surface area (Å²) >= 11 is 4.84. The number of nitrogens with one attached hydrogen (secondary N) is 2. The molecule has 0 radical (unpaired) electrons. The summed E-state index contributed by atoms with van der Waals surface area (Å²) in [6, 6.07) is 1.88. The van der Waals surface area contributed by atoms with Gasteiger partial charge in [-0.25, -0.2) is 4.21 Å². The predicted octanol–water partition coefficient (Wildman–Crippen LogP) is 3.00. The minimum absolute atomic E-state index is 0.0178. The number of pyridine rings is 1. The molecular formula is C13H14BrN3O2S2. The van der Waals surface area contributed by atoms with Gasteiger partial charge in [-0.3, -0.25) is 14.6 Å². The third-order valence-corrected chi connectivity index (χ3v) is 7.04. The minimum Gasteiger partial charge on any atom is -0.349 e. The molecule has 2 aromatic heterocycles. The number of thiophene rings is 1. The first kappa shape index (κ1) is 14.9. The molecule has 1 aliphatic heterocycles. The molecule has 0 saturated carbocycles. The molecule has 0 unspecified atom stereocenters. The topological polar surface area (TPSA) is 82.9 Å². The van der Waals surface area contributed by atoms with Crippen LogP contribution in [-0.2, 0) is 9.73 Å². The fraction of sp³-hybridized carbons (Fsp3) is 0.385. The van der Waals surface area contributed by atoms with Crippen molar-refractivity contribution in [2.75, 3.05) is 11.5 Å². The number of carbonyl (C=O) groups is 1. The van der Waals surface area contributed by atoms with E-state index in [1.165, 1.54) is 11.3 Å². The summed E-state index contributed by atoms with van der Waals surface area (Å²) in [4.78, 5) is 17.0. The molecule has 0 atom stereocenters. The molecule has 2 aromatic rings. The summed E-state index contributed by atoms with van der Waals surface area (Å²) in [5.41, 5.74) is 0. The number of hydrogen-bond donors (Lipinski definition) is 2. The molecule has 1 fully saturated rings. The monoisotopic (exact) mass is 387 g/mol. The van der Waals surface area contributed by atoms with Crippen molar-refractivity contribution in [2.24, 2.45) is 0 Å². The van der Waals surface area contributed by atoms with Crippen LogP contribution in [0.1, 0.15) is 22.5 Å². The summed E-state index contributed by atoms with van der Waals surface area (Å²) in [6.45, 7) is 0. The highest BCUT2D eigenvalue weighted by Crippen LogP contribution is 2.30. The highest BCUT2D eigenvalue weighted by molar-refractivity contribution is 9.10. The van der Waals surface area contributed by atoms with E-state index in [0.29, 0.717) is 29.2 Å². The first-order valence-corrected chi connectivity index (χ1v) is 10.0. The second-order valence-electron chi connectivity index (χ2n) is 5.11. The molecule has 8 heteroatoms. The number of nitrogens with zero attached hydrogens (tertiary/aromatic N) is 1. The summed E-state index contributed by atoms with van der Waals surface area (Å²) in [6.07, 6.45) is 4.69. The van der Waals surface area contributed by atoms with Crippen molar-refractivity contribution in [3.05, 3.63) is 27.8 Å². The molecule has 3 rings (SSSR count). The Morgan fingerprint density at radius 1 is 1.43 bits per heavy atom. The second-order valence-corrected chi connectivity index (χ2v) is 9.49. The lowest BCUT2D eigenvalue weighted by atomic mass is 10.1. The zero-order chi connectivity index (χ0) is 15.0. The molecule has 1 saturated heterocycles. The van der Waals surface area contributed by atoms with E-state index < -0.39 is 9.73 Å². The number of halogens is 1. The van der Waals surface area contributed by atoms with Crippen LogP contribution in [0.3, 0.4) is 0 Å². The van der Waals surface area contributed by atoms with E-state index in [4.69, 9.17) is 4.78 Å². The van der Waals surface area contributed by atoms with Crippen molar-refractivity contribution in [1.29, 1.82) is 4.78 Å². The molecule has 1 amide bonds. The Balaban J connectivity index is 1.74. The Bertz CT molecular complexity index is 787. The van der Waals surface area contributed by atoms with E-state index >= 15 is 0 Å². The van der Waals surface area contributed by atoms with E-state index in [0.717, 1.165) is 14.6 Å². The highest BCUT2D eigenvalue weighted by Gasteiger charge is 2.23. The molecule has 0 bridgehead atoms. The molecule has 21 heavy (non-hydrogen) atoms. The summed E-state index contributed by atoms with van der Waals surface area (Å²) < 4.78 is 21.0. The normalized spacial score (nSPS) is 25.9. The zero-order valence-corrected chi connectivity index (χ0v) is 14.3. The molecule has 0 aromatic carbocycles. The maximum atomic E-state index is 12.3. The lowest BCUT2D eigenvalue weighted by Crippen LogP contribution is -2.40. The lowest BCUT2D eigenvalue weighted by molar-refractivity contribution is 0.0938. The first-order valence-electron chi connectivity index (χ1n) is 6.53. The molecule has 5 nitrogen and oxygen atoms in total. The van der Waals surface area contributed by atoms with Crippen molar-refractivity contribution in [3.63, 3.8) is 0 Å². The number of carbonyl (C=O) groups excluding carboxylic acids is 1. The van der Waals surface area contributed by atoms with Crippen LogP contribution in [0.4, 0.5) is 0 Å². The molecule has 3 heterocycles. The second kappa shape index (κ2) is 5.66. The fourth-order valence-corrected chi connectivity index (χ4v) is 5.42. The summed E-state index contributed by atoms with van der Waals surface area (Å²) in [7, 11) is -2.41. The highest BCUT2D eigenvalue weighted by atomic mass is 79.9. The standard InChI is InChI=1S/C13H14BrN3O2S2/c14-10-6-16-7-12-9(10)5-11(20-12)13(18)17-8-1-3-21(15,19)4-2-8/h5-8,15H,1-4H2,(H,17,18). The van der Waals surface area contributed by atoms with Crippen LogP contribution in [0.15, 0.2) is 22.9 Å². The third-order valence-electron chi connectivity index (χ3n) is 3.55. The van der Waals surface area contributed by atoms with E-state index in [1.807, 2.05) is 6.07 Å². The quantitative estimate of drug-likeness (QED) is 0.830. The Morgan fingerprint density at radius 2 is 2.14 bits per heavy atom. The smallest absolute Gasteiger partial charge is 0.261 e. The van der Waals surface area contributed by atoms with Gasteiger partial charge >= 0.3 is 0 Å². The molecule has 2 N–H and O–H groups in total. The molecule has 0 spiro atoms. The Kier molecular flexibility index (Phi) is 4.02. The Labute approximate surface area is 135 Å². The Morgan fingerprint density at radius 3 is 2.81 bits per heavy atom. The van der Waals surface area contributed by atoms with Crippen molar-refractivity contribution < 1.29 is 9.00 Å². The van der Waals surface area contributed by atoms with Gasteiger partial charge < -0.3 is 5.32 Å². The maximum Gasteiger partial charge on any atom is 0.261 e. The van der Waals surface area contributed by atoms with Crippen LogP contribution in [0.2, 0.25) is 0 Å². The number of fused-ring (bicyclic) bond motifs is 1. The predicted molar refractivity (Wildman–Crippen MR) is 88.4 cm³/mol. The van der Waals surface area contributed by atoms with Crippen LogP contribution in [0, 0.1) is 4.78 Å². The van der Waals surface area contributed by atoms with E-state index in [2.05, 4.69) is 26.2 Å². The van der Waals surface area contributed by atoms with Gasteiger partial charge in [-0.1, -0.05) is 0 Å². The van der Waals surface area contributed by atoms with Gasteiger partial charge in [-0.2, -0.15) is 0 Å². The van der Waals surface area contributed by atoms with E-state index in [9.17, 15) is 9.00 Å². The van der Waals surface area contributed by atoms with Crippen LogP contribution >= 0.6 is 27.3 Å². The minimum atomic E-state index is -2.41. The lowest BCUT2D eigenvalue weighted by Gasteiger charge is -2.24. The summed E-state index contributed by atoms with van der Waals surface area (Å²) in [5, 5.41) is 3.96. The molecule has 112 valence electrons. The van der Waals surface area contributed by atoms with Crippen LogP contribution in [0.5, 0.6) is 0 Å². The number of hydrogen-bond acceptors (Lipinski definition) is 5. The van der Waals surface area contributed by atoms with Gasteiger partial charge in [0.05, 0.1) is 9.58 Å². The number of aromatic nitrogens is 1. The zero-order valence-electron chi connectivity index (χ0n) is 11.1. The van der Waals surface area contributed by atoms with Crippen LogP contribution < -0.4 is 5.32 Å². The van der Waals surface area contributed by atoms with Gasteiger partial charge in [0, 0.05) is 49.5 Å². The maximum absolute atomic E-state index is 12.3. The van der Waals surface area contributed by atoms with E-state index in [-0.39, 0.29) is 11.9 Å². The molecular weight excluding hydrogens is 374 g/mol. The third kappa shape index (κ3) is 3.27. The SMILES string of the molecule is N=S1(=O)CCC(NC(=O)c2cc3c(Br)cncc3s2)CC1. The summed E-state index contributed by atoms with van der Waals surface area (Å²) in [5.74, 6) is 0.645. The number of rotatable bonds is 2. The molecule has 1 aliphatic rings. The van der Waals surface area contributed by atoms with Crippen molar-refractivity contribution >= 4 is 53.0 Å². The van der Waals surface area contributed by atoms with E-state index in [1.54, 1.807) is 12.4 Å². The van der Waals surface area contributed by atoms with Gasteiger partial charge in [0.15, 0.2) is 0 Å². The van der Waals surface area contributed by atoms with Gasteiger partial charge in [0.2, 0.25) is 0 Å². The van der Waals surface area contributed by atoms with Gasteiger partial charge in [-0.15, -0.1) is 11.3 Å². The first-order chi connectivity index (χ1) is 9.94. The van der Waals surface area contributed by atoms with Crippen LogP contribution in [-0.4, -0.2) is 32.6 Å². The average molecular weight is 388 g/mol. The average Bonchev–Trinajstić information content (AvgIpc) is 2.87. The van der Waals surface area contributed by atoms with Crippen molar-refractivity contribution in [1.82, 2.24) is 10.3 Å². The van der Waals surface area contributed by atoms with Crippen molar-refractivity contribution in [2.45, 2.75) is 18.9 Å². The number of amides is 1. The van der Waals surface area contributed by atoms with Gasteiger partial charge in [-0.05, 0) is 34.8 Å². The van der Waals surface area contributed by atoms with Crippen LogP contribution in [0.25, 0.3) is 10.1 Å². The van der Waals surface area contributed by atoms with Crippen molar-refractivity contribution in [3.8, 4) is 0 Å². The van der Waals surface area contributed by atoms with Gasteiger partial charge in [0.1, 0.15) is 0 Å².